The van der Waals surface area contributed by atoms with Gasteiger partial charge in [-0.25, -0.2) is 9.97 Å². The van der Waals surface area contributed by atoms with Gasteiger partial charge in [-0.3, -0.25) is 9.89 Å². The number of hydrogen-bond donors (Lipinski definition) is 2. The van der Waals surface area contributed by atoms with E-state index < -0.39 is 0 Å². The molecule has 0 aliphatic heterocycles. The van der Waals surface area contributed by atoms with Crippen molar-refractivity contribution in [2.45, 2.75) is 5.16 Å². The SMILES string of the molecule is O=C(CSc1ncn[nH]1)Nc1nc2ccc(Br)cc2s1. The number of aromatic nitrogens is 4. The van der Waals surface area contributed by atoms with E-state index in [2.05, 4.69) is 41.4 Å². The number of hydrogen-bond acceptors (Lipinski definition) is 6. The van der Waals surface area contributed by atoms with Gasteiger partial charge in [-0.2, -0.15) is 5.10 Å². The molecule has 1 amide bonds. The average Bonchev–Trinajstić information content (AvgIpc) is 3.04. The molecule has 3 rings (SSSR count). The van der Waals surface area contributed by atoms with E-state index in [9.17, 15) is 4.79 Å². The van der Waals surface area contributed by atoms with Gasteiger partial charge in [-0.15, -0.1) is 0 Å². The highest BCUT2D eigenvalue weighted by Crippen LogP contribution is 2.28. The summed E-state index contributed by atoms with van der Waals surface area (Å²) in [7, 11) is 0. The summed E-state index contributed by atoms with van der Waals surface area (Å²) in [4.78, 5) is 20.1. The van der Waals surface area contributed by atoms with Crippen LogP contribution in [0.5, 0.6) is 0 Å². The van der Waals surface area contributed by atoms with Crippen LogP contribution in [0, 0.1) is 0 Å². The van der Waals surface area contributed by atoms with Crippen molar-refractivity contribution >= 4 is 60.3 Å². The molecule has 3 aromatic rings. The zero-order chi connectivity index (χ0) is 13.9. The number of carbonyl (C=O) groups is 1. The lowest BCUT2D eigenvalue weighted by Gasteiger charge is -1.98. The number of benzene rings is 1. The summed E-state index contributed by atoms with van der Waals surface area (Å²) in [6.45, 7) is 0. The van der Waals surface area contributed by atoms with Crippen LogP contribution in [0.15, 0.2) is 34.2 Å². The molecule has 102 valence electrons. The number of rotatable bonds is 4. The van der Waals surface area contributed by atoms with Crippen molar-refractivity contribution in [3.05, 3.63) is 29.0 Å². The van der Waals surface area contributed by atoms with E-state index in [1.807, 2.05) is 18.2 Å². The zero-order valence-electron chi connectivity index (χ0n) is 9.96. The van der Waals surface area contributed by atoms with E-state index in [1.54, 1.807) is 0 Å². The average molecular weight is 370 g/mol. The Morgan fingerprint density at radius 1 is 1.50 bits per heavy atom. The maximum absolute atomic E-state index is 11.8. The number of aromatic amines is 1. The second-order valence-electron chi connectivity index (χ2n) is 3.76. The number of fused-ring (bicyclic) bond motifs is 1. The van der Waals surface area contributed by atoms with E-state index in [0.29, 0.717) is 10.3 Å². The van der Waals surface area contributed by atoms with Gasteiger partial charge < -0.3 is 5.32 Å². The van der Waals surface area contributed by atoms with Crippen molar-refractivity contribution in [3.8, 4) is 0 Å². The van der Waals surface area contributed by atoms with E-state index >= 15 is 0 Å². The Kier molecular flexibility index (Phi) is 3.99. The molecule has 0 fully saturated rings. The molecule has 6 nitrogen and oxygen atoms in total. The van der Waals surface area contributed by atoms with Gasteiger partial charge in [-0.05, 0) is 18.2 Å². The second kappa shape index (κ2) is 5.90. The Morgan fingerprint density at radius 3 is 3.20 bits per heavy atom. The molecule has 0 unspecified atom stereocenters. The van der Waals surface area contributed by atoms with Gasteiger partial charge >= 0.3 is 0 Å². The molecule has 0 saturated carbocycles. The van der Waals surface area contributed by atoms with Crippen molar-refractivity contribution in [1.29, 1.82) is 0 Å². The summed E-state index contributed by atoms with van der Waals surface area (Å²) in [6, 6.07) is 5.81. The predicted molar refractivity (Wildman–Crippen MR) is 83.1 cm³/mol. The summed E-state index contributed by atoms with van der Waals surface area (Å²) in [5.74, 6) is 0.138. The third-order valence-corrected chi connectivity index (χ3v) is 4.63. The molecule has 1 aromatic carbocycles. The van der Waals surface area contributed by atoms with Crippen LogP contribution in [-0.2, 0) is 4.79 Å². The van der Waals surface area contributed by atoms with Crippen LogP contribution in [0.3, 0.4) is 0 Å². The van der Waals surface area contributed by atoms with Crippen LogP contribution in [0.2, 0.25) is 0 Å². The molecule has 0 aliphatic rings. The fraction of sp³-hybridized carbons (Fsp3) is 0.0909. The third-order valence-electron chi connectivity index (χ3n) is 2.33. The van der Waals surface area contributed by atoms with E-state index in [1.165, 1.54) is 29.4 Å². The summed E-state index contributed by atoms with van der Waals surface area (Å²) in [5, 5.41) is 10.4. The molecule has 20 heavy (non-hydrogen) atoms. The van der Waals surface area contributed by atoms with Gasteiger partial charge in [0, 0.05) is 4.47 Å². The summed E-state index contributed by atoms with van der Waals surface area (Å²) >= 11 is 6.15. The Labute approximate surface area is 130 Å². The van der Waals surface area contributed by atoms with E-state index in [0.717, 1.165) is 14.7 Å². The Hall–Kier alpha value is -1.45. The zero-order valence-corrected chi connectivity index (χ0v) is 13.2. The second-order valence-corrected chi connectivity index (χ2v) is 6.67. The standard InChI is InChI=1S/C11H8BrN5OS2/c12-6-1-2-7-8(3-6)20-11(15-7)16-9(18)4-19-10-13-5-14-17-10/h1-3,5H,4H2,(H,13,14,17)(H,15,16,18). The Balaban J connectivity index is 1.65. The first-order valence-corrected chi connectivity index (χ1v) is 8.14. The van der Waals surface area contributed by atoms with Crippen LogP contribution in [0.1, 0.15) is 0 Å². The number of thioether (sulfide) groups is 1. The summed E-state index contributed by atoms with van der Waals surface area (Å²) < 4.78 is 2.02. The van der Waals surface area contributed by atoms with Gasteiger partial charge in [0.15, 0.2) is 10.3 Å². The molecule has 0 spiro atoms. The quantitative estimate of drug-likeness (QED) is 0.690. The topological polar surface area (TPSA) is 83.6 Å². The molecule has 0 radical (unpaired) electrons. The van der Waals surface area contributed by atoms with Crippen LogP contribution >= 0.6 is 39.0 Å². The van der Waals surface area contributed by atoms with Gasteiger partial charge in [-0.1, -0.05) is 39.0 Å². The predicted octanol–water partition coefficient (Wildman–Crippen LogP) is 2.91. The van der Waals surface area contributed by atoms with Crippen LogP contribution in [-0.4, -0.2) is 31.8 Å². The molecule has 0 saturated heterocycles. The molecule has 0 aliphatic carbocycles. The normalized spacial score (nSPS) is 10.8. The molecule has 2 aromatic heterocycles. The van der Waals surface area contributed by atoms with Crippen molar-refractivity contribution < 1.29 is 4.79 Å². The first-order valence-electron chi connectivity index (χ1n) is 5.55. The first-order chi connectivity index (χ1) is 9.70. The molecular formula is C11H8BrN5OS2. The van der Waals surface area contributed by atoms with Crippen molar-refractivity contribution in [3.63, 3.8) is 0 Å². The van der Waals surface area contributed by atoms with Crippen LogP contribution < -0.4 is 5.32 Å². The first kappa shape index (κ1) is 13.5. The highest BCUT2D eigenvalue weighted by atomic mass is 79.9. The lowest BCUT2D eigenvalue weighted by atomic mass is 10.3. The Bertz CT molecular complexity index is 742. The molecule has 2 N–H and O–H groups in total. The van der Waals surface area contributed by atoms with Gasteiger partial charge in [0.05, 0.1) is 16.0 Å². The maximum atomic E-state index is 11.8. The van der Waals surface area contributed by atoms with Crippen LogP contribution in [0.25, 0.3) is 10.2 Å². The minimum Gasteiger partial charge on any atom is -0.301 e. The number of halogens is 1. The molecule has 2 heterocycles. The van der Waals surface area contributed by atoms with Crippen LogP contribution in [0.4, 0.5) is 5.13 Å². The summed E-state index contributed by atoms with van der Waals surface area (Å²) in [6.07, 6.45) is 1.41. The number of anilines is 1. The van der Waals surface area contributed by atoms with Gasteiger partial charge in [0.25, 0.3) is 0 Å². The molecular weight excluding hydrogens is 362 g/mol. The molecule has 0 atom stereocenters. The molecule has 9 heteroatoms. The fourth-order valence-electron chi connectivity index (χ4n) is 1.50. The van der Waals surface area contributed by atoms with Crippen molar-refractivity contribution in [2.24, 2.45) is 0 Å². The lowest BCUT2D eigenvalue weighted by molar-refractivity contribution is -0.113. The number of amides is 1. The largest absolute Gasteiger partial charge is 0.301 e. The minimum absolute atomic E-state index is 0.121. The maximum Gasteiger partial charge on any atom is 0.236 e. The van der Waals surface area contributed by atoms with Crippen molar-refractivity contribution in [2.75, 3.05) is 11.1 Å². The van der Waals surface area contributed by atoms with Crippen molar-refractivity contribution in [1.82, 2.24) is 20.2 Å². The number of thiazole rings is 1. The highest BCUT2D eigenvalue weighted by Gasteiger charge is 2.09. The van der Waals surface area contributed by atoms with Gasteiger partial charge in [0.1, 0.15) is 6.33 Å². The van der Waals surface area contributed by atoms with E-state index in [4.69, 9.17) is 0 Å². The number of nitrogens with zero attached hydrogens (tertiary/aromatic N) is 3. The van der Waals surface area contributed by atoms with E-state index in [-0.39, 0.29) is 11.7 Å². The lowest BCUT2D eigenvalue weighted by Crippen LogP contribution is -2.13. The third kappa shape index (κ3) is 3.17. The monoisotopic (exact) mass is 369 g/mol. The minimum atomic E-state index is -0.121. The summed E-state index contributed by atoms with van der Waals surface area (Å²) in [5.41, 5.74) is 0.872. The Morgan fingerprint density at radius 2 is 2.40 bits per heavy atom. The van der Waals surface area contributed by atoms with Gasteiger partial charge in [0.2, 0.25) is 5.91 Å². The fourth-order valence-corrected chi connectivity index (χ4v) is 3.52. The number of carbonyl (C=O) groups excluding carboxylic acids is 1. The number of H-pyrrole nitrogens is 1. The number of nitrogens with one attached hydrogen (secondary N) is 2. The highest BCUT2D eigenvalue weighted by molar-refractivity contribution is 9.10. The molecule has 0 bridgehead atoms. The smallest absolute Gasteiger partial charge is 0.236 e.